The molecule has 5 rings (SSSR count). The zero-order valence-corrected chi connectivity index (χ0v) is 19.0. The highest BCUT2D eigenvalue weighted by atomic mass is 19.1. The van der Waals surface area contributed by atoms with Gasteiger partial charge in [0.1, 0.15) is 5.82 Å². The molecule has 1 aliphatic heterocycles. The van der Waals surface area contributed by atoms with Gasteiger partial charge >= 0.3 is 0 Å². The first kappa shape index (κ1) is 22.1. The Morgan fingerprint density at radius 1 is 1.03 bits per heavy atom. The molecule has 2 aliphatic rings. The van der Waals surface area contributed by atoms with Gasteiger partial charge in [0.05, 0.1) is 5.69 Å². The summed E-state index contributed by atoms with van der Waals surface area (Å²) in [6.45, 7) is 3.24. The minimum Gasteiger partial charge on any atom is -0.356 e. The van der Waals surface area contributed by atoms with E-state index < -0.39 is 0 Å². The van der Waals surface area contributed by atoms with Crippen LogP contribution in [0.4, 0.5) is 4.39 Å². The van der Waals surface area contributed by atoms with Crippen LogP contribution in [0.5, 0.6) is 0 Å². The van der Waals surface area contributed by atoms with Crippen molar-refractivity contribution in [2.24, 2.45) is 5.92 Å². The van der Waals surface area contributed by atoms with Crippen LogP contribution in [0.2, 0.25) is 0 Å². The fourth-order valence-corrected chi connectivity index (χ4v) is 5.47. The molecule has 174 valence electrons. The summed E-state index contributed by atoms with van der Waals surface area (Å²) in [6, 6.07) is 14.4. The lowest BCUT2D eigenvalue weighted by atomic mass is 9.83. The number of fused-ring (bicyclic) bond motifs is 1. The number of nitrogens with zero attached hydrogens (tertiary/aromatic N) is 2. The summed E-state index contributed by atoms with van der Waals surface area (Å²) in [7, 11) is 0. The van der Waals surface area contributed by atoms with Crippen LogP contribution in [0.25, 0.3) is 11.0 Å². The van der Waals surface area contributed by atoms with Gasteiger partial charge < -0.3 is 14.7 Å². The van der Waals surface area contributed by atoms with Crippen molar-refractivity contribution in [3.05, 3.63) is 65.6 Å². The molecule has 0 bridgehead atoms. The van der Waals surface area contributed by atoms with Crippen LogP contribution in [-0.4, -0.2) is 41.6 Å². The number of likely N-dealkylation sites (tertiary alicyclic amines) is 1. The number of aromatic nitrogens is 1. The molecule has 1 N–H and O–H groups in total. The molecule has 5 nitrogen and oxygen atoms in total. The summed E-state index contributed by atoms with van der Waals surface area (Å²) in [6.07, 6.45) is 7.82. The zero-order chi connectivity index (χ0) is 22.6. The molecule has 2 heterocycles. The van der Waals surface area contributed by atoms with Gasteiger partial charge in [0.15, 0.2) is 5.58 Å². The minimum absolute atomic E-state index is 0.0459. The van der Waals surface area contributed by atoms with E-state index in [-0.39, 0.29) is 11.7 Å². The maximum Gasteiger partial charge on any atom is 0.251 e. The Morgan fingerprint density at radius 3 is 2.55 bits per heavy atom. The van der Waals surface area contributed by atoms with Crippen LogP contribution in [-0.2, 0) is 0 Å². The van der Waals surface area contributed by atoms with Crippen LogP contribution in [0.3, 0.4) is 0 Å². The maximum atomic E-state index is 13.7. The molecule has 1 aliphatic carbocycles. The Kier molecular flexibility index (Phi) is 6.72. The lowest BCUT2D eigenvalue weighted by Gasteiger charge is -2.34. The predicted molar refractivity (Wildman–Crippen MR) is 127 cm³/mol. The third kappa shape index (κ3) is 5.27. The quantitative estimate of drug-likeness (QED) is 0.538. The van der Waals surface area contributed by atoms with Gasteiger partial charge in [0, 0.05) is 22.9 Å². The predicted octanol–water partition coefficient (Wildman–Crippen LogP) is 5.53. The van der Waals surface area contributed by atoms with E-state index in [0.717, 1.165) is 67.9 Å². The van der Waals surface area contributed by atoms with Crippen molar-refractivity contribution >= 4 is 16.9 Å². The molecule has 0 unspecified atom stereocenters. The van der Waals surface area contributed by atoms with Gasteiger partial charge in [0.25, 0.3) is 5.91 Å². The van der Waals surface area contributed by atoms with Crippen molar-refractivity contribution in [3.63, 3.8) is 0 Å². The van der Waals surface area contributed by atoms with E-state index in [1.54, 1.807) is 12.1 Å². The Morgan fingerprint density at radius 2 is 1.79 bits per heavy atom. The molecule has 1 aromatic heterocycles. The highest BCUT2D eigenvalue weighted by molar-refractivity contribution is 5.94. The van der Waals surface area contributed by atoms with Crippen LogP contribution < -0.4 is 5.32 Å². The summed E-state index contributed by atoms with van der Waals surface area (Å²) in [5.41, 5.74) is 2.33. The van der Waals surface area contributed by atoms with Crippen LogP contribution in [0.1, 0.15) is 66.9 Å². The molecule has 2 aromatic carbocycles. The van der Waals surface area contributed by atoms with Gasteiger partial charge in [-0.2, -0.15) is 0 Å². The summed E-state index contributed by atoms with van der Waals surface area (Å²) in [4.78, 5) is 14.9. The first-order valence-corrected chi connectivity index (χ1v) is 12.3. The number of benzene rings is 2. The van der Waals surface area contributed by atoms with Crippen molar-refractivity contribution in [3.8, 4) is 0 Å². The van der Waals surface area contributed by atoms with E-state index >= 15 is 0 Å². The second-order valence-electron chi connectivity index (χ2n) is 9.67. The van der Waals surface area contributed by atoms with Crippen molar-refractivity contribution in [1.82, 2.24) is 15.4 Å². The molecule has 33 heavy (non-hydrogen) atoms. The fourth-order valence-electron chi connectivity index (χ4n) is 5.47. The first-order chi connectivity index (χ1) is 16.2. The van der Waals surface area contributed by atoms with Gasteiger partial charge in [-0.15, -0.1) is 0 Å². The molecule has 1 saturated heterocycles. The van der Waals surface area contributed by atoms with E-state index in [9.17, 15) is 9.18 Å². The molecule has 1 saturated carbocycles. The lowest BCUT2D eigenvalue weighted by Crippen LogP contribution is -2.38. The molecular formula is C27H32FN3O2. The number of carbonyl (C=O) groups is 1. The average Bonchev–Trinajstić information content (AvgIpc) is 3.27. The number of carbonyl (C=O) groups excluding carboxylic acids is 1. The van der Waals surface area contributed by atoms with Gasteiger partial charge in [0.2, 0.25) is 0 Å². The van der Waals surface area contributed by atoms with E-state index in [1.165, 1.54) is 25.3 Å². The maximum absolute atomic E-state index is 13.7. The summed E-state index contributed by atoms with van der Waals surface area (Å²) >= 11 is 0. The number of amides is 1. The molecule has 6 heteroatoms. The van der Waals surface area contributed by atoms with Gasteiger partial charge in [-0.3, -0.25) is 4.79 Å². The second kappa shape index (κ2) is 10.0. The lowest BCUT2D eigenvalue weighted by molar-refractivity contribution is 0.0919. The van der Waals surface area contributed by atoms with Crippen molar-refractivity contribution in [1.29, 1.82) is 0 Å². The van der Waals surface area contributed by atoms with Gasteiger partial charge in [-0.25, -0.2) is 4.39 Å². The largest absolute Gasteiger partial charge is 0.356 e. The second-order valence-corrected chi connectivity index (χ2v) is 9.67. The summed E-state index contributed by atoms with van der Waals surface area (Å²) in [5, 5.41) is 8.29. The molecule has 1 amide bonds. The van der Waals surface area contributed by atoms with E-state index in [0.29, 0.717) is 17.5 Å². The number of nitrogens with one attached hydrogen (secondary N) is 1. The first-order valence-electron chi connectivity index (χ1n) is 12.3. The number of rotatable bonds is 6. The molecule has 0 spiro atoms. The highest BCUT2D eigenvalue weighted by Gasteiger charge is 2.27. The average molecular weight is 450 g/mol. The number of hydrogen-bond acceptors (Lipinski definition) is 4. The summed E-state index contributed by atoms with van der Waals surface area (Å²) < 4.78 is 19.1. The number of hydrogen-bond donors (Lipinski definition) is 1. The van der Waals surface area contributed by atoms with E-state index in [2.05, 4.69) is 15.4 Å². The Hall–Kier alpha value is -2.73. The SMILES string of the molecule is O=C(NC1CCC(CCN2CCC(c3noc4ccc(F)cc34)CC2)CC1)c1ccccc1. The zero-order valence-electron chi connectivity index (χ0n) is 19.0. The fraction of sp³-hybridized carbons (Fsp3) is 0.481. The molecule has 2 fully saturated rings. The molecular weight excluding hydrogens is 417 g/mol. The van der Waals surface area contributed by atoms with E-state index in [4.69, 9.17) is 4.52 Å². The van der Waals surface area contributed by atoms with Crippen LogP contribution in [0, 0.1) is 11.7 Å². The topological polar surface area (TPSA) is 58.4 Å². The van der Waals surface area contributed by atoms with Crippen molar-refractivity contribution in [2.75, 3.05) is 19.6 Å². The van der Waals surface area contributed by atoms with E-state index in [1.807, 2.05) is 30.3 Å². The van der Waals surface area contributed by atoms with Crippen LogP contribution in [0.15, 0.2) is 53.1 Å². The highest BCUT2D eigenvalue weighted by Crippen LogP contribution is 2.33. The third-order valence-electron chi connectivity index (χ3n) is 7.51. The summed E-state index contributed by atoms with van der Waals surface area (Å²) in [5.74, 6) is 0.895. The normalized spacial score (nSPS) is 22.5. The molecule has 3 aromatic rings. The smallest absolute Gasteiger partial charge is 0.251 e. The van der Waals surface area contributed by atoms with Gasteiger partial charge in [-0.05, 0) is 101 Å². The molecule has 0 radical (unpaired) electrons. The Labute approximate surface area is 194 Å². The Balaban J connectivity index is 1.04. The van der Waals surface area contributed by atoms with Crippen molar-refractivity contribution in [2.45, 2.75) is 56.9 Å². The van der Waals surface area contributed by atoms with Crippen LogP contribution >= 0.6 is 0 Å². The Bertz CT molecular complexity index is 1070. The number of halogens is 1. The monoisotopic (exact) mass is 449 g/mol. The number of piperidine rings is 1. The van der Waals surface area contributed by atoms with Crippen molar-refractivity contribution < 1.29 is 13.7 Å². The molecule has 0 atom stereocenters. The third-order valence-corrected chi connectivity index (χ3v) is 7.51. The standard InChI is InChI=1S/C27H32FN3O2/c28-22-8-11-25-24(18-22)26(30-33-25)20-13-16-31(17-14-20)15-12-19-6-9-23(10-7-19)29-27(32)21-4-2-1-3-5-21/h1-5,8,11,18-20,23H,6-7,9-10,12-17H2,(H,29,32). The van der Waals surface area contributed by atoms with Gasteiger partial charge in [-0.1, -0.05) is 23.4 Å². The minimum atomic E-state index is -0.237.